The van der Waals surface area contributed by atoms with Crippen LogP contribution in [0.2, 0.25) is 0 Å². The third-order valence-corrected chi connectivity index (χ3v) is 3.57. The van der Waals surface area contributed by atoms with Crippen LogP contribution in [0.25, 0.3) is 0 Å². The number of fused-ring (bicyclic) bond motifs is 2. The lowest BCUT2D eigenvalue weighted by Gasteiger charge is -2.15. The summed E-state index contributed by atoms with van der Waals surface area (Å²) in [4.78, 5) is 0. The van der Waals surface area contributed by atoms with Crippen molar-refractivity contribution < 1.29 is 4.74 Å². The Labute approximate surface area is 73.7 Å². The van der Waals surface area contributed by atoms with Gasteiger partial charge in [-0.1, -0.05) is 0 Å². The fourth-order valence-electron chi connectivity index (χ4n) is 2.57. The van der Waals surface area contributed by atoms with Crippen molar-refractivity contribution >= 4 is 0 Å². The second kappa shape index (κ2) is 2.71. The molecule has 0 spiro atoms. The maximum absolute atomic E-state index is 5.95. The van der Waals surface area contributed by atoms with Gasteiger partial charge in [0.15, 0.2) is 0 Å². The first-order valence-corrected chi connectivity index (χ1v) is 5.28. The van der Waals surface area contributed by atoms with E-state index >= 15 is 0 Å². The summed E-state index contributed by atoms with van der Waals surface area (Å²) in [6.45, 7) is 2.25. The number of nitrogens with one attached hydrogen (secondary N) is 1. The lowest BCUT2D eigenvalue weighted by atomic mass is 10.1. The maximum Gasteiger partial charge on any atom is 0.0768 e. The molecule has 1 saturated heterocycles. The van der Waals surface area contributed by atoms with Crippen molar-refractivity contribution in [3.8, 4) is 0 Å². The van der Waals surface area contributed by atoms with Gasteiger partial charge in [0.05, 0.1) is 6.10 Å². The average Bonchev–Trinajstić information content (AvgIpc) is 2.78. The molecule has 3 aliphatic rings. The van der Waals surface area contributed by atoms with E-state index < -0.39 is 0 Å². The Kier molecular flexibility index (Phi) is 1.66. The van der Waals surface area contributed by atoms with Gasteiger partial charge in [-0.15, -0.1) is 0 Å². The summed E-state index contributed by atoms with van der Waals surface area (Å²) in [5.41, 5.74) is 0. The lowest BCUT2D eigenvalue weighted by Crippen LogP contribution is -2.29. The zero-order chi connectivity index (χ0) is 7.97. The first kappa shape index (κ1) is 7.34. The third-order valence-electron chi connectivity index (χ3n) is 3.57. The van der Waals surface area contributed by atoms with Crippen LogP contribution < -0.4 is 5.32 Å². The van der Waals surface area contributed by atoms with Crippen LogP contribution >= 0.6 is 0 Å². The van der Waals surface area contributed by atoms with Gasteiger partial charge in [0.25, 0.3) is 0 Å². The van der Waals surface area contributed by atoms with Crippen LogP contribution in [-0.4, -0.2) is 25.3 Å². The zero-order valence-corrected chi connectivity index (χ0v) is 7.46. The molecule has 2 aliphatic carbocycles. The molecule has 0 unspecified atom stereocenters. The minimum Gasteiger partial charge on any atom is -0.376 e. The summed E-state index contributed by atoms with van der Waals surface area (Å²) < 4.78 is 5.95. The molecule has 68 valence electrons. The normalized spacial score (nSPS) is 45.5. The van der Waals surface area contributed by atoms with Gasteiger partial charge in [0.1, 0.15) is 0 Å². The Hall–Kier alpha value is -0.0800. The summed E-state index contributed by atoms with van der Waals surface area (Å²) in [6.07, 6.45) is 6.14. The van der Waals surface area contributed by atoms with E-state index in [9.17, 15) is 0 Å². The minimum absolute atomic E-state index is 0.575. The molecule has 0 aromatic carbocycles. The van der Waals surface area contributed by atoms with Crippen molar-refractivity contribution in [2.24, 2.45) is 11.8 Å². The molecule has 0 aromatic heterocycles. The summed E-state index contributed by atoms with van der Waals surface area (Å²) in [5.74, 6) is 1.76. The van der Waals surface area contributed by atoms with Crippen LogP contribution in [0.5, 0.6) is 0 Å². The summed E-state index contributed by atoms with van der Waals surface area (Å²) in [6, 6.07) is 0.703. The second-order valence-corrected chi connectivity index (χ2v) is 4.59. The quantitative estimate of drug-likeness (QED) is 0.681. The van der Waals surface area contributed by atoms with Gasteiger partial charge in [-0.05, 0) is 37.5 Å². The van der Waals surface area contributed by atoms with E-state index in [0.29, 0.717) is 12.1 Å². The van der Waals surface area contributed by atoms with Crippen LogP contribution in [-0.2, 0) is 4.74 Å². The molecule has 2 nitrogen and oxygen atoms in total. The number of piperidine rings is 1. The van der Waals surface area contributed by atoms with Crippen molar-refractivity contribution in [1.29, 1.82) is 0 Å². The molecule has 1 N–H and O–H groups in total. The molecular weight excluding hydrogens is 150 g/mol. The number of rotatable bonds is 3. The van der Waals surface area contributed by atoms with Crippen molar-refractivity contribution in [2.45, 2.75) is 37.8 Å². The lowest BCUT2D eigenvalue weighted by molar-refractivity contribution is 0.0311. The Bertz CT molecular complexity index is 159. The van der Waals surface area contributed by atoms with Crippen molar-refractivity contribution in [3.05, 3.63) is 0 Å². The van der Waals surface area contributed by atoms with E-state index in [0.717, 1.165) is 18.4 Å². The largest absolute Gasteiger partial charge is 0.376 e. The molecule has 3 fully saturated rings. The van der Waals surface area contributed by atoms with Gasteiger partial charge in [-0.3, -0.25) is 0 Å². The van der Waals surface area contributed by atoms with Gasteiger partial charge in [0.2, 0.25) is 0 Å². The van der Waals surface area contributed by atoms with E-state index in [1.807, 2.05) is 0 Å². The van der Waals surface area contributed by atoms with E-state index in [-0.39, 0.29) is 0 Å². The first-order valence-electron chi connectivity index (χ1n) is 5.28. The predicted octanol–water partition coefficient (Wildman–Crippen LogP) is 1.16. The monoisotopic (exact) mass is 167 g/mol. The molecule has 0 radical (unpaired) electrons. The summed E-state index contributed by atoms with van der Waals surface area (Å²) in [7, 11) is 0. The van der Waals surface area contributed by atoms with Crippen LogP contribution in [0.1, 0.15) is 25.7 Å². The summed E-state index contributed by atoms with van der Waals surface area (Å²) >= 11 is 0. The molecule has 12 heavy (non-hydrogen) atoms. The number of hydrogen-bond donors (Lipinski definition) is 1. The molecule has 1 aliphatic heterocycles. The average molecular weight is 167 g/mol. The van der Waals surface area contributed by atoms with Gasteiger partial charge >= 0.3 is 0 Å². The van der Waals surface area contributed by atoms with E-state index in [4.69, 9.17) is 4.74 Å². The maximum atomic E-state index is 5.95. The predicted molar refractivity (Wildman–Crippen MR) is 47.0 cm³/mol. The Balaban J connectivity index is 1.54. The van der Waals surface area contributed by atoms with Crippen LogP contribution in [0.3, 0.4) is 0 Å². The van der Waals surface area contributed by atoms with E-state index in [1.165, 1.54) is 32.2 Å². The van der Waals surface area contributed by atoms with Crippen molar-refractivity contribution in [3.63, 3.8) is 0 Å². The smallest absolute Gasteiger partial charge is 0.0768 e. The number of ether oxygens (including phenoxy) is 1. The van der Waals surface area contributed by atoms with E-state index in [2.05, 4.69) is 5.32 Å². The third kappa shape index (κ3) is 1.17. The Morgan fingerprint density at radius 2 is 2.08 bits per heavy atom. The molecule has 2 saturated carbocycles. The highest BCUT2D eigenvalue weighted by molar-refractivity contribution is 4.98. The van der Waals surface area contributed by atoms with Gasteiger partial charge < -0.3 is 10.1 Å². The molecule has 2 bridgehead atoms. The highest BCUT2D eigenvalue weighted by Crippen LogP contribution is 2.36. The molecule has 1 heterocycles. The highest BCUT2D eigenvalue weighted by atomic mass is 16.5. The minimum atomic E-state index is 0.575. The SMILES string of the molecule is C1CC1CO[C@@H]1[C@H]2CC[C@H]1NC2. The molecule has 3 atom stereocenters. The van der Waals surface area contributed by atoms with Gasteiger partial charge in [0, 0.05) is 19.2 Å². The first-order chi connectivity index (χ1) is 5.93. The fourth-order valence-corrected chi connectivity index (χ4v) is 2.57. The zero-order valence-electron chi connectivity index (χ0n) is 7.46. The standard InChI is InChI=1S/C10H17NO/c1-2-7(1)6-12-10-8-3-4-9(10)11-5-8/h7-11H,1-6H2/t8-,9+,10+/m0/s1. The van der Waals surface area contributed by atoms with Gasteiger partial charge in [-0.2, -0.15) is 0 Å². The molecule has 0 amide bonds. The van der Waals surface area contributed by atoms with Crippen LogP contribution in [0.4, 0.5) is 0 Å². The fraction of sp³-hybridized carbons (Fsp3) is 1.00. The molecular formula is C10H17NO. The van der Waals surface area contributed by atoms with Crippen LogP contribution in [0.15, 0.2) is 0 Å². The molecule has 0 aromatic rings. The van der Waals surface area contributed by atoms with Crippen molar-refractivity contribution in [1.82, 2.24) is 5.32 Å². The summed E-state index contributed by atoms with van der Waals surface area (Å²) in [5, 5.41) is 3.53. The highest BCUT2D eigenvalue weighted by Gasteiger charge is 2.42. The topological polar surface area (TPSA) is 21.3 Å². The van der Waals surface area contributed by atoms with Crippen molar-refractivity contribution in [2.75, 3.05) is 13.2 Å². The second-order valence-electron chi connectivity index (χ2n) is 4.59. The van der Waals surface area contributed by atoms with E-state index in [1.54, 1.807) is 0 Å². The molecule has 2 heteroatoms. The number of hydrogen-bond acceptors (Lipinski definition) is 2. The Morgan fingerprint density at radius 3 is 2.58 bits per heavy atom. The van der Waals surface area contributed by atoms with Crippen LogP contribution in [0, 0.1) is 11.8 Å². The Morgan fingerprint density at radius 1 is 1.17 bits per heavy atom. The molecule has 3 rings (SSSR count). The van der Waals surface area contributed by atoms with Gasteiger partial charge in [-0.25, -0.2) is 0 Å².